The lowest BCUT2D eigenvalue weighted by Crippen LogP contribution is -2.18. The predicted molar refractivity (Wildman–Crippen MR) is 138 cm³/mol. The van der Waals surface area contributed by atoms with Gasteiger partial charge in [-0.2, -0.15) is 10.2 Å². The van der Waals surface area contributed by atoms with Crippen LogP contribution in [0.15, 0.2) is 84.2 Å². The van der Waals surface area contributed by atoms with Gasteiger partial charge in [0.25, 0.3) is 5.91 Å². The first-order valence-corrected chi connectivity index (χ1v) is 11.5. The maximum atomic E-state index is 13.2. The van der Waals surface area contributed by atoms with E-state index in [2.05, 4.69) is 25.6 Å². The van der Waals surface area contributed by atoms with Crippen molar-refractivity contribution >= 4 is 34.6 Å². The number of hydrogen-bond acceptors (Lipinski definition) is 5. The second kappa shape index (κ2) is 10.1. The molecule has 0 aliphatic carbocycles. The van der Waals surface area contributed by atoms with Gasteiger partial charge in [0.05, 0.1) is 40.8 Å². The van der Waals surface area contributed by atoms with Crippen molar-refractivity contribution in [1.82, 2.24) is 25.2 Å². The van der Waals surface area contributed by atoms with Crippen LogP contribution in [-0.2, 0) is 6.54 Å². The van der Waals surface area contributed by atoms with Gasteiger partial charge in [-0.3, -0.25) is 9.78 Å². The molecule has 3 heterocycles. The number of para-hydroxylation sites is 1. The minimum atomic E-state index is -0.382. The third-order valence-electron chi connectivity index (χ3n) is 5.65. The second-order valence-electron chi connectivity index (χ2n) is 8.08. The molecule has 0 fully saturated rings. The Morgan fingerprint density at radius 3 is 2.64 bits per heavy atom. The molecule has 0 aliphatic heterocycles. The molecule has 0 radical (unpaired) electrons. The Bertz CT molecular complexity index is 1580. The van der Waals surface area contributed by atoms with Gasteiger partial charge in [-0.15, -0.1) is 0 Å². The summed E-state index contributed by atoms with van der Waals surface area (Å²) >= 11 is 6.52. The number of aryl methyl sites for hydroxylation is 1. The molecule has 5 aromatic rings. The van der Waals surface area contributed by atoms with E-state index >= 15 is 0 Å². The number of amides is 1. The van der Waals surface area contributed by atoms with Crippen LogP contribution in [0.4, 0.5) is 4.39 Å². The first-order chi connectivity index (χ1) is 17.5. The van der Waals surface area contributed by atoms with E-state index in [1.807, 2.05) is 36.4 Å². The van der Waals surface area contributed by atoms with E-state index in [-0.39, 0.29) is 11.7 Å². The number of benzene rings is 2. The Morgan fingerprint density at radius 1 is 1.11 bits per heavy atom. The number of hydrogen-bond donors (Lipinski definition) is 1. The average Bonchev–Trinajstić information content (AvgIpc) is 3.17. The normalized spacial score (nSPS) is 11.3. The molecule has 0 unspecified atom stereocenters. The number of carbonyl (C=O) groups is 1. The number of nitrogens with one attached hydrogen (secondary N) is 1. The average molecular weight is 499 g/mol. The van der Waals surface area contributed by atoms with E-state index in [9.17, 15) is 9.18 Å². The molecule has 0 saturated heterocycles. The first kappa shape index (κ1) is 23.3. The number of rotatable bonds is 6. The summed E-state index contributed by atoms with van der Waals surface area (Å²) in [5.41, 5.74) is 7.32. The van der Waals surface area contributed by atoms with Crippen LogP contribution in [0.5, 0.6) is 0 Å². The molecule has 1 amide bonds. The van der Waals surface area contributed by atoms with E-state index in [1.54, 1.807) is 42.2 Å². The molecule has 0 aliphatic rings. The number of pyridine rings is 2. The summed E-state index contributed by atoms with van der Waals surface area (Å²) in [5.74, 6) is -0.687. The number of nitrogens with zero attached hydrogens (tertiary/aromatic N) is 5. The second-order valence-corrected chi connectivity index (χ2v) is 8.44. The lowest BCUT2D eigenvalue weighted by atomic mass is 10.0. The van der Waals surface area contributed by atoms with Crippen LogP contribution in [-0.4, -0.2) is 31.9 Å². The topological polar surface area (TPSA) is 85.1 Å². The minimum Gasteiger partial charge on any atom is -0.267 e. The fourth-order valence-electron chi connectivity index (χ4n) is 3.83. The van der Waals surface area contributed by atoms with Crippen molar-refractivity contribution in [3.63, 3.8) is 0 Å². The van der Waals surface area contributed by atoms with Crippen LogP contribution >= 0.6 is 11.6 Å². The summed E-state index contributed by atoms with van der Waals surface area (Å²) in [5, 5.41) is 9.66. The molecule has 9 heteroatoms. The molecule has 0 saturated carbocycles. The molecule has 3 aromatic heterocycles. The Balaban J connectivity index is 1.39. The summed E-state index contributed by atoms with van der Waals surface area (Å²) < 4.78 is 14.8. The SMILES string of the molecule is Cc1nn(Cc2ccc(F)cc2)c(Cl)c1/C=N/NC(=O)c1cc(-c2ccncc2)nc2ccccc12. The van der Waals surface area contributed by atoms with Gasteiger partial charge in [-0.1, -0.05) is 41.9 Å². The van der Waals surface area contributed by atoms with Gasteiger partial charge < -0.3 is 0 Å². The van der Waals surface area contributed by atoms with Gasteiger partial charge in [-0.05, 0) is 48.9 Å². The van der Waals surface area contributed by atoms with E-state index in [0.29, 0.717) is 45.1 Å². The summed E-state index contributed by atoms with van der Waals surface area (Å²) in [6.07, 6.45) is 4.83. The van der Waals surface area contributed by atoms with Crippen LogP contribution in [0.25, 0.3) is 22.2 Å². The highest BCUT2D eigenvalue weighted by molar-refractivity contribution is 6.32. The number of aromatic nitrogens is 4. The van der Waals surface area contributed by atoms with Crippen LogP contribution in [0.2, 0.25) is 5.15 Å². The summed E-state index contributed by atoms with van der Waals surface area (Å²) in [4.78, 5) is 21.9. The van der Waals surface area contributed by atoms with Crippen LogP contribution in [0.3, 0.4) is 0 Å². The first-order valence-electron chi connectivity index (χ1n) is 11.1. The number of hydrazone groups is 1. The smallest absolute Gasteiger partial charge is 0.267 e. The zero-order chi connectivity index (χ0) is 25.1. The monoisotopic (exact) mass is 498 g/mol. The third kappa shape index (κ3) is 4.85. The molecule has 0 bridgehead atoms. The summed E-state index contributed by atoms with van der Waals surface area (Å²) in [6, 6.07) is 19.0. The lowest BCUT2D eigenvalue weighted by Gasteiger charge is -2.09. The largest absolute Gasteiger partial charge is 0.272 e. The Morgan fingerprint density at radius 2 is 1.86 bits per heavy atom. The molecule has 36 heavy (non-hydrogen) atoms. The Hall–Kier alpha value is -4.43. The molecule has 5 rings (SSSR count). The molecule has 0 spiro atoms. The van der Waals surface area contributed by atoms with Gasteiger partial charge >= 0.3 is 0 Å². The highest BCUT2D eigenvalue weighted by Crippen LogP contribution is 2.25. The summed E-state index contributed by atoms with van der Waals surface area (Å²) in [7, 11) is 0. The van der Waals surface area contributed by atoms with E-state index in [4.69, 9.17) is 11.6 Å². The van der Waals surface area contributed by atoms with Gasteiger partial charge in [0, 0.05) is 23.3 Å². The number of carbonyl (C=O) groups excluding carboxylic acids is 1. The van der Waals surface area contributed by atoms with Crippen molar-refractivity contribution < 1.29 is 9.18 Å². The maximum Gasteiger partial charge on any atom is 0.272 e. The van der Waals surface area contributed by atoms with Crippen LogP contribution in [0, 0.1) is 12.7 Å². The van der Waals surface area contributed by atoms with Crippen molar-refractivity contribution in [3.8, 4) is 11.3 Å². The highest BCUT2D eigenvalue weighted by Gasteiger charge is 2.15. The molecular weight excluding hydrogens is 479 g/mol. The van der Waals surface area contributed by atoms with E-state index in [1.165, 1.54) is 18.3 Å². The predicted octanol–water partition coefficient (Wildman–Crippen LogP) is 5.41. The molecular formula is C27H20ClFN6O. The Labute approximate surface area is 211 Å². The zero-order valence-corrected chi connectivity index (χ0v) is 19.9. The van der Waals surface area contributed by atoms with Crippen LogP contribution < -0.4 is 5.43 Å². The van der Waals surface area contributed by atoms with Gasteiger partial charge in [0.1, 0.15) is 11.0 Å². The molecule has 178 valence electrons. The number of halogens is 2. The maximum absolute atomic E-state index is 13.2. The highest BCUT2D eigenvalue weighted by atomic mass is 35.5. The van der Waals surface area contributed by atoms with Crippen molar-refractivity contribution in [2.24, 2.45) is 5.10 Å². The van der Waals surface area contributed by atoms with Crippen molar-refractivity contribution in [3.05, 3.63) is 112 Å². The van der Waals surface area contributed by atoms with Crippen molar-refractivity contribution in [2.45, 2.75) is 13.5 Å². The fraction of sp³-hybridized carbons (Fsp3) is 0.0741. The Kier molecular flexibility index (Phi) is 6.51. The van der Waals surface area contributed by atoms with E-state index < -0.39 is 0 Å². The molecule has 1 N–H and O–H groups in total. The van der Waals surface area contributed by atoms with E-state index in [0.717, 1.165) is 11.1 Å². The quantitative estimate of drug-likeness (QED) is 0.251. The zero-order valence-electron chi connectivity index (χ0n) is 19.2. The number of fused-ring (bicyclic) bond motifs is 1. The van der Waals surface area contributed by atoms with Gasteiger partial charge in [0.15, 0.2) is 0 Å². The standard InChI is InChI=1S/C27H20ClFN6O/c1-17-23(26(28)35(34-17)16-18-6-8-20(29)9-7-18)15-31-33-27(36)22-14-25(19-10-12-30-13-11-19)32-24-5-3-2-4-21(22)24/h2-15H,16H2,1H3,(H,33,36)/b31-15+. The molecule has 7 nitrogen and oxygen atoms in total. The molecule has 0 atom stereocenters. The summed E-state index contributed by atoms with van der Waals surface area (Å²) in [6.45, 7) is 2.18. The molecule has 2 aromatic carbocycles. The lowest BCUT2D eigenvalue weighted by molar-refractivity contribution is 0.0956. The van der Waals surface area contributed by atoms with Gasteiger partial charge in [0.2, 0.25) is 0 Å². The van der Waals surface area contributed by atoms with Crippen molar-refractivity contribution in [1.29, 1.82) is 0 Å². The fourth-order valence-corrected chi connectivity index (χ4v) is 4.11. The van der Waals surface area contributed by atoms with Crippen LogP contribution in [0.1, 0.15) is 27.2 Å². The third-order valence-corrected chi connectivity index (χ3v) is 6.05. The minimum absolute atomic E-state index is 0.306. The van der Waals surface area contributed by atoms with Crippen molar-refractivity contribution in [2.75, 3.05) is 0 Å². The van der Waals surface area contributed by atoms with Gasteiger partial charge in [-0.25, -0.2) is 19.5 Å².